The fourth-order valence-electron chi connectivity index (χ4n) is 3.99. The minimum atomic E-state index is 0.289. The number of hydrogen-bond acceptors (Lipinski definition) is 3. The minimum absolute atomic E-state index is 0.289. The van der Waals surface area contributed by atoms with E-state index in [4.69, 9.17) is 0 Å². The van der Waals surface area contributed by atoms with Crippen LogP contribution >= 0.6 is 0 Å². The molecule has 0 spiro atoms. The molecule has 156 valence electrons. The van der Waals surface area contributed by atoms with E-state index >= 15 is 0 Å². The molecule has 0 bridgehead atoms. The van der Waals surface area contributed by atoms with E-state index in [1.165, 1.54) is 0 Å². The van der Waals surface area contributed by atoms with E-state index in [0.717, 1.165) is 51.4 Å². The molecule has 4 aromatic rings. The summed E-state index contributed by atoms with van der Waals surface area (Å²) in [7, 11) is 0. The van der Waals surface area contributed by atoms with Crippen LogP contribution in [-0.2, 0) is 0 Å². The molecule has 1 heterocycles. The second-order valence-corrected chi connectivity index (χ2v) is 7.74. The smallest absolute Gasteiger partial charge is 0.123 e. The van der Waals surface area contributed by atoms with Crippen LogP contribution in [-0.4, -0.2) is 11.7 Å². The maximum atomic E-state index is 10.2. The van der Waals surface area contributed by atoms with Crippen LogP contribution in [0.5, 0.6) is 5.75 Å². The molecule has 3 N–H and O–H groups in total. The Labute approximate surface area is 188 Å². The molecule has 5 rings (SSSR count). The van der Waals surface area contributed by atoms with Crippen LogP contribution in [0.4, 0.5) is 11.4 Å². The van der Waals surface area contributed by atoms with Crippen molar-refractivity contribution in [3.05, 3.63) is 121 Å². The number of anilines is 2. The molecule has 0 atom stereocenters. The SMILES string of the molecule is Oc1ccccc1-c1cccc(-c2cccc(Nc3ccccc3C3=CC=CCN3)c2)c1. The van der Waals surface area contributed by atoms with E-state index in [-0.39, 0.29) is 5.75 Å². The summed E-state index contributed by atoms with van der Waals surface area (Å²) in [6, 6.07) is 32.4. The van der Waals surface area contributed by atoms with Crippen molar-refractivity contribution in [3.8, 4) is 28.0 Å². The molecule has 0 saturated heterocycles. The number of phenolic OH excluding ortho intramolecular Hbond substituents is 1. The number of rotatable bonds is 5. The first-order valence-electron chi connectivity index (χ1n) is 10.7. The highest BCUT2D eigenvalue weighted by molar-refractivity contribution is 5.81. The second kappa shape index (κ2) is 8.86. The van der Waals surface area contributed by atoms with Gasteiger partial charge in [0.1, 0.15) is 5.75 Å². The quantitative estimate of drug-likeness (QED) is 0.329. The van der Waals surface area contributed by atoms with Gasteiger partial charge in [0.15, 0.2) is 0 Å². The van der Waals surface area contributed by atoms with Crippen molar-refractivity contribution in [3.63, 3.8) is 0 Å². The zero-order valence-electron chi connectivity index (χ0n) is 17.6. The third kappa shape index (κ3) is 4.14. The number of benzene rings is 4. The van der Waals surface area contributed by atoms with E-state index in [9.17, 15) is 5.11 Å². The van der Waals surface area contributed by atoms with Crippen molar-refractivity contribution in [1.29, 1.82) is 0 Å². The first kappa shape index (κ1) is 19.7. The lowest BCUT2D eigenvalue weighted by Gasteiger charge is -2.17. The number of dihydropyridines is 1. The van der Waals surface area contributed by atoms with Crippen LogP contribution in [0.3, 0.4) is 0 Å². The monoisotopic (exact) mass is 416 g/mol. The highest BCUT2D eigenvalue weighted by Crippen LogP contribution is 2.33. The largest absolute Gasteiger partial charge is 0.507 e. The van der Waals surface area contributed by atoms with Crippen molar-refractivity contribution in [2.45, 2.75) is 0 Å². The van der Waals surface area contributed by atoms with Gasteiger partial charge in [0, 0.05) is 34.7 Å². The van der Waals surface area contributed by atoms with Crippen molar-refractivity contribution in [1.82, 2.24) is 5.32 Å². The summed E-state index contributed by atoms with van der Waals surface area (Å²) in [5.41, 5.74) is 8.38. The predicted molar refractivity (Wildman–Crippen MR) is 134 cm³/mol. The summed E-state index contributed by atoms with van der Waals surface area (Å²) in [6.07, 6.45) is 6.29. The first-order chi connectivity index (χ1) is 15.8. The van der Waals surface area contributed by atoms with E-state index in [1.807, 2.05) is 36.4 Å². The number of nitrogens with one attached hydrogen (secondary N) is 2. The lowest BCUT2D eigenvalue weighted by atomic mass is 9.98. The molecular weight excluding hydrogens is 392 g/mol. The van der Waals surface area contributed by atoms with Crippen molar-refractivity contribution in [2.75, 3.05) is 11.9 Å². The van der Waals surface area contributed by atoms with Gasteiger partial charge >= 0.3 is 0 Å². The Morgan fingerprint density at radius 1 is 0.688 bits per heavy atom. The summed E-state index contributed by atoms with van der Waals surface area (Å²) >= 11 is 0. The maximum Gasteiger partial charge on any atom is 0.123 e. The van der Waals surface area contributed by atoms with E-state index in [2.05, 4.69) is 83.5 Å². The van der Waals surface area contributed by atoms with Gasteiger partial charge in [-0.2, -0.15) is 0 Å². The fraction of sp³-hybridized carbons (Fsp3) is 0.0345. The van der Waals surface area contributed by atoms with Crippen molar-refractivity contribution >= 4 is 17.1 Å². The molecule has 3 nitrogen and oxygen atoms in total. The summed E-state index contributed by atoms with van der Waals surface area (Å²) in [4.78, 5) is 0. The molecule has 0 saturated carbocycles. The molecule has 0 aliphatic carbocycles. The number of phenols is 1. The number of hydrogen-bond donors (Lipinski definition) is 3. The van der Waals surface area contributed by atoms with Gasteiger partial charge in [-0.25, -0.2) is 0 Å². The minimum Gasteiger partial charge on any atom is -0.507 e. The van der Waals surface area contributed by atoms with Gasteiger partial charge in [-0.3, -0.25) is 0 Å². The molecule has 3 heteroatoms. The molecular formula is C29H24N2O. The van der Waals surface area contributed by atoms with Gasteiger partial charge in [0.25, 0.3) is 0 Å². The van der Waals surface area contributed by atoms with E-state index in [0.29, 0.717) is 0 Å². The van der Waals surface area contributed by atoms with E-state index < -0.39 is 0 Å². The number of allylic oxidation sites excluding steroid dienone is 2. The summed E-state index contributed by atoms with van der Waals surface area (Å²) in [6.45, 7) is 0.836. The Morgan fingerprint density at radius 2 is 1.41 bits per heavy atom. The standard InChI is InChI=1S/C29H24N2O/c32-29-17-4-2-13-25(29)23-11-7-9-21(19-23)22-10-8-12-24(20-22)31-28-16-3-1-14-26(28)27-15-5-6-18-30-27/h1-17,19-20,30-32H,18H2. The Balaban J connectivity index is 1.46. The normalized spacial score (nSPS) is 12.7. The molecule has 32 heavy (non-hydrogen) atoms. The van der Waals surface area contributed by atoms with Gasteiger partial charge in [-0.05, 0) is 53.1 Å². The number of aromatic hydroxyl groups is 1. The summed E-state index contributed by atoms with van der Waals surface area (Å²) < 4.78 is 0. The van der Waals surface area contributed by atoms with Crippen LogP contribution in [0, 0.1) is 0 Å². The Bertz CT molecular complexity index is 1320. The van der Waals surface area contributed by atoms with Gasteiger partial charge in [-0.15, -0.1) is 0 Å². The fourth-order valence-corrected chi connectivity index (χ4v) is 3.99. The molecule has 0 aromatic heterocycles. The van der Waals surface area contributed by atoms with Gasteiger partial charge in [0.05, 0.1) is 0 Å². The average Bonchev–Trinajstić information content (AvgIpc) is 2.85. The molecule has 0 unspecified atom stereocenters. The molecule has 0 amide bonds. The van der Waals surface area contributed by atoms with Crippen LogP contribution in [0.2, 0.25) is 0 Å². The lowest BCUT2D eigenvalue weighted by molar-refractivity contribution is 0.477. The van der Waals surface area contributed by atoms with Crippen LogP contribution < -0.4 is 10.6 Å². The van der Waals surface area contributed by atoms with Crippen LogP contribution in [0.1, 0.15) is 5.56 Å². The Hall–Kier alpha value is -4.24. The molecule has 0 radical (unpaired) electrons. The molecule has 1 aliphatic heterocycles. The zero-order chi connectivity index (χ0) is 21.8. The van der Waals surface area contributed by atoms with Crippen LogP contribution in [0.25, 0.3) is 28.0 Å². The zero-order valence-corrected chi connectivity index (χ0v) is 17.6. The molecule has 1 aliphatic rings. The first-order valence-corrected chi connectivity index (χ1v) is 10.7. The second-order valence-electron chi connectivity index (χ2n) is 7.74. The lowest BCUT2D eigenvalue weighted by Crippen LogP contribution is -2.15. The van der Waals surface area contributed by atoms with E-state index in [1.54, 1.807) is 6.07 Å². The van der Waals surface area contributed by atoms with Gasteiger partial charge < -0.3 is 15.7 Å². The highest BCUT2D eigenvalue weighted by Gasteiger charge is 2.10. The molecule has 0 fully saturated rings. The van der Waals surface area contributed by atoms with Crippen molar-refractivity contribution in [2.24, 2.45) is 0 Å². The predicted octanol–water partition coefficient (Wildman–Crippen LogP) is 6.97. The summed E-state index contributed by atoms with van der Waals surface area (Å²) in [5.74, 6) is 0.289. The van der Waals surface area contributed by atoms with Crippen LogP contribution in [0.15, 0.2) is 115 Å². The summed E-state index contributed by atoms with van der Waals surface area (Å²) in [5, 5.41) is 17.3. The van der Waals surface area contributed by atoms with Crippen molar-refractivity contribution < 1.29 is 5.11 Å². The number of para-hydroxylation sites is 2. The Kier molecular flexibility index (Phi) is 5.46. The topological polar surface area (TPSA) is 44.3 Å². The van der Waals surface area contributed by atoms with Gasteiger partial charge in [0.2, 0.25) is 0 Å². The third-order valence-corrected chi connectivity index (χ3v) is 5.58. The Morgan fingerprint density at radius 3 is 2.22 bits per heavy atom. The third-order valence-electron chi connectivity index (χ3n) is 5.58. The average molecular weight is 417 g/mol. The van der Waals surface area contributed by atoms with Gasteiger partial charge in [-0.1, -0.05) is 78.9 Å². The highest BCUT2D eigenvalue weighted by atomic mass is 16.3. The maximum absolute atomic E-state index is 10.2. The molecule has 4 aromatic carbocycles.